The molecule has 1 aliphatic rings. The topological polar surface area (TPSA) is 70.6 Å². The first-order valence-corrected chi connectivity index (χ1v) is 4.96. The van der Waals surface area contributed by atoms with E-state index in [1.54, 1.807) is 0 Å². The standard InChI is InChI=1S/C9H19N3O/c10-8(7-13)4-6-12-9-3-1-2-5-11-9/h8,13H,1-7,10H2,(H,11,12). The second-order valence-electron chi connectivity index (χ2n) is 3.44. The van der Waals surface area contributed by atoms with Gasteiger partial charge in [0.2, 0.25) is 0 Å². The van der Waals surface area contributed by atoms with Crippen LogP contribution in [0.2, 0.25) is 0 Å². The lowest BCUT2D eigenvalue weighted by Gasteiger charge is -2.15. The molecule has 1 unspecified atom stereocenters. The van der Waals surface area contributed by atoms with E-state index in [-0.39, 0.29) is 12.6 Å². The summed E-state index contributed by atoms with van der Waals surface area (Å²) in [6.07, 6.45) is 4.31. The Hall–Kier alpha value is -0.610. The highest BCUT2D eigenvalue weighted by atomic mass is 16.3. The van der Waals surface area contributed by atoms with Crippen LogP contribution >= 0.6 is 0 Å². The number of aliphatic imine (C=N–C) groups is 1. The van der Waals surface area contributed by atoms with Crippen molar-refractivity contribution in [2.24, 2.45) is 10.7 Å². The van der Waals surface area contributed by atoms with Gasteiger partial charge in [-0.2, -0.15) is 0 Å². The van der Waals surface area contributed by atoms with Gasteiger partial charge in [-0.3, -0.25) is 4.99 Å². The van der Waals surface area contributed by atoms with Gasteiger partial charge in [-0.15, -0.1) is 0 Å². The number of nitrogens with zero attached hydrogens (tertiary/aromatic N) is 1. The molecule has 0 aromatic rings. The summed E-state index contributed by atoms with van der Waals surface area (Å²) in [7, 11) is 0. The van der Waals surface area contributed by atoms with Crippen molar-refractivity contribution in [2.45, 2.75) is 31.7 Å². The maximum atomic E-state index is 8.69. The van der Waals surface area contributed by atoms with Crippen LogP contribution in [0.15, 0.2) is 4.99 Å². The van der Waals surface area contributed by atoms with Crippen molar-refractivity contribution in [1.82, 2.24) is 5.32 Å². The number of rotatable bonds is 4. The van der Waals surface area contributed by atoms with Crippen molar-refractivity contribution in [3.05, 3.63) is 0 Å². The Morgan fingerprint density at radius 1 is 1.54 bits per heavy atom. The van der Waals surface area contributed by atoms with Gasteiger partial charge in [0.25, 0.3) is 0 Å². The van der Waals surface area contributed by atoms with E-state index in [0.717, 1.165) is 31.8 Å². The maximum absolute atomic E-state index is 8.69. The molecule has 1 aliphatic heterocycles. The molecule has 0 fully saturated rings. The minimum absolute atomic E-state index is 0.0636. The van der Waals surface area contributed by atoms with E-state index in [1.807, 2.05) is 0 Å². The van der Waals surface area contributed by atoms with Crippen LogP contribution in [-0.4, -0.2) is 36.7 Å². The molecule has 76 valence electrons. The van der Waals surface area contributed by atoms with E-state index >= 15 is 0 Å². The van der Waals surface area contributed by atoms with Crippen molar-refractivity contribution in [3.8, 4) is 0 Å². The highest BCUT2D eigenvalue weighted by Gasteiger charge is 2.05. The summed E-state index contributed by atoms with van der Waals surface area (Å²) in [5, 5.41) is 11.9. The van der Waals surface area contributed by atoms with Gasteiger partial charge in [0.15, 0.2) is 0 Å². The lowest BCUT2D eigenvalue weighted by Crippen LogP contribution is -2.33. The highest BCUT2D eigenvalue weighted by molar-refractivity contribution is 5.82. The van der Waals surface area contributed by atoms with Crippen LogP contribution in [0.1, 0.15) is 25.7 Å². The van der Waals surface area contributed by atoms with Crippen LogP contribution in [0.25, 0.3) is 0 Å². The number of nitrogens with two attached hydrogens (primary N) is 1. The summed E-state index contributed by atoms with van der Waals surface area (Å²) in [6.45, 7) is 1.84. The SMILES string of the molecule is NC(CO)CCNC1=NCCCC1. The molecule has 1 atom stereocenters. The van der Waals surface area contributed by atoms with Crippen molar-refractivity contribution in [2.75, 3.05) is 19.7 Å². The first-order valence-electron chi connectivity index (χ1n) is 4.96. The molecule has 4 heteroatoms. The molecule has 0 saturated carbocycles. The molecule has 4 nitrogen and oxygen atoms in total. The van der Waals surface area contributed by atoms with Crippen LogP contribution in [0, 0.1) is 0 Å². The zero-order valence-corrected chi connectivity index (χ0v) is 8.00. The van der Waals surface area contributed by atoms with Crippen molar-refractivity contribution in [1.29, 1.82) is 0 Å². The van der Waals surface area contributed by atoms with Gasteiger partial charge >= 0.3 is 0 Å². The molecule has 1 heterocycles. The Morgan fingerprint density at radius 2 is 2.38 bits per heavy atom. The third kappa shape index (κ3) is 4.24. The van der Waals surface area contributed by atoms with Crippen LogP contribution in [0.4, 0.5) is 0 Å². The Labute approximate surface area is 79.2 Å². The molecular weight excluding hydrogens is 166 g/mol. The van der Waals surface area contributed by atoms with E-state index in [2.05, 4.69) is 10.3 Å². The van der Waals surface area contributed by atoms with Gasteiger partial charge in [0.1, 0.15) is 0 Å². The molecule has 0 radical (unpaired) electrons. The number of hydrogen-bond acceptors (Lipinski definition) is 4. The average Bonchev–Trinajstić information content (AvgIpc) is 2.19. The fourth-order valence-corrected chi connectivity index (χ4v) is 1.33. The number of nitrogens with one attached hydrogen (secondary N) is 1. The molecular formula is C9H19N3O. The van der Waals surface area contributed by atoms with Gasteiger partial charge in [-0.05, 0) is 19.3 Å². The van der Waals surface area contributed by atoms with Crippen LogP contribution < -0.4 is 11.1 Å². The molecule has 0 spiro atoms. The summed E-state index contributed by atoms with van der Waals surface area (Å²) < 4.78 is 0. The molecule has 0 bridgehead atoms. The second-order valence-corrected chi connectivity index (χ2v) is 3.44. The van der Waals surface area contributed by atoms with E-state index in [0.29, 0.717) is 0 Å². The normalized spacial score (nSPS) is 19.4. The summed E-state index contributed by atoms with van der Waals surface area (Å²) in [4.78, 5) is 4.35. The summed E-state index contributed by atoms with van der Waals surface area (Å²) >= 11 is 0. The number of aliphatic hydroxyl groups excluding tert-OH is 1. The Bertz CT molecular complexity index is 170. The van der Waals surface area contributed by atoms with Crippen molar-refractivity contribution >= 4 is 5.84 Å². The van der Waals surface area contributed by atoms with E-state index in [1.165, 1.54) is 12.8 Å². The smallest absolute Gasteiger partial charge is 0.0963 e. The first-order chi connectivity index (χ1) is 6.33. The summed E-state index contributed by atoms with van der Waals surface area (Å²) in [6, 6.07) is -0.100. The van der Waals surface area contributed by atoms with Gasteiger partial charge in [0.05, 0.1) is 12.4 Å². The monoisotopic (exact) mass is 185 g/mol. The van der Waals surface area contributed by atoms with Gasteiger partial charge in [-0.1, -0.05) is 0 Å². The zero-order chi connectivity index (χ0) is 9.52. The zero-order valence-electron chi connectivity index (χ0n) is 8.00. The molecule has 0 amide bonds. The predicted molar refractivity (Wildman–Crippen MR) is 53.8 cm³/mol. The van der Waals surface area contributed by atoms with E-state index < -0.39 is 0 Å². The van der Waals surface area contributed by atoms with Gasteiger partial charge in [-0.25, -0.2) is 0 Å². The maximum Gasteiger partial charge on any atom is 0.0963 e. The summed E-state index contributed by atoms with van der Waals surface area (Å²) in [5.74, 6) is 1.11. The van der Waals surface area contributed by atoms with Crippen LogP contribution in [-0.2, 0) is 0 Å². The molecule has 0 saturated heterocycles. The highest BCUT2D eigenvalue weighted by Crippen LogP contribution is 2.03. The lowest BCUT2D eigenvalue weighted by atomic mass is 10.1. The molecule has 0 aliphatic carbocycles. The molecule has 0 aromatic heterocycles. The average molecular weight is 185 g/mol. The largest absolute Gasteiger partial charge is 0.395 e. The van der Waals surface area contributed by atoms with Crippen molar-refractivity contribution in [3.63, 3.8) is 0 Å². The van der Waals surface area contributed by atoms with Crippen LogP contribution in [0.5, 0.6) is 0 Å². The van der Waals surface area contributed by atoms with Gasteiger partial charge < -0.3 is 16.2 Å². The van der Waals surface area contributed by atoms with Crippen molar-refractivity contribution < 1.29 is 5.11 Å². The Morgan fingerprint density at radius 3 is 3.00 bits per heavy atom. The first kappa shape index (κ1) is 10.5. The third-order valence-electron chi connectivity index (χ3n) is 2.20. The van der Waals surface area contributed by atoms with Gasteiger partial charge in [0, 0.05) is 25.6 Å². The number of hydrogen-bond donors (Lipinski definition) is 3. The predicted octanol–water partition coefficient (Wildman–Crippen LogP) is -0.132. The Kier molecular flexibility index (Phi) is 4.78. The van der Waals surface area contributed by atoms with E-state index in [9.17, 15) is 0 Å². The van der Waals surface area contributed by atoms with Crippen LogP contribution in [0.3, 0.4) is 0 Å². The molecule has 0 aromatic carbocycles. The second kappa shape index (κ2) is 5.94. The fourth-order valence-electron chi connectivity index (χ4n) is 1.33. The fraction of sp³-hybridized carbons (Fsp3) is 0.889. The summed E-state index contributed by atoms with van der Waals surface area (Å²) in [5.41, 5.74) is 5.56. The van der Waals surface area contributed by atoms with E-state index in [4.69, 9.17) is 10.8 Å². The minimum atomic E-state index is -0.100. The Balaban J connectivity index is 2.08. The quantitative estimate of drug-likeness (QED) is 0.571. The molecule has 13 heavy (non-hydrogen) atoms. The third-order valence-corrected chi connectivity index (χ3v) is 2.20. The number of aliphatic hydroxyl groups is 1. The molecule has 1 rings (SSSR count). The molecule has 4 N–H and O–H groups in total. The lowest BCUT2D eigenvalue weighted by molar-refractivity contribution is 0.260. The minimum Gasteiger partial charge on any atom is -0.395 e. The number of amidine groups is 1.